The highest BCUT2D eigenvalue weighted by molar-refractivity contribution is 7.99. The molecule has 3 N–H and O–H groups in total. The first kappa shape index (κ1) is 25.8. The van der Waals surface area contributed by atoms with Crippen molar-refractivity contribution in [3.63, 3.8) is 0 Å². The van der Waals surface area contributed by atoms with Crippen molar-refractivity contribution < 1.29 is 4.79 Å². The highest BCUT2D eigenvalue weighted by Crippen LogP contribution is 2.23. The topological polar surface area (TPSA) is 58.4 Å². The van der Waals surface area contributed by atoms with Gasteiger partial charge in [-0.3, -0.25) is 9.69 Å². The van der Waals surface area contributed by atoms with Crippen LogP contribution in [-0.4, -0.2) is 35.4 Å². The second-order valence-corrected chi connectivity index (χ2v) is 8.48. The monoisotopic (exact) mass is 455 g/mol. The third-order valence-electron chi connectivity index (χ3n) is 5.20. The van der Waals surface area contributed by atoms with Crippen LogP contribution >= 0.6 is 36.6 Å². The van der Waals surface area contributed by atoms with E-state index in [-0.39, 0.29) is 42.7 Å². The standard InChI is InChI=1S/C22H29N3OS.2ClH/c1-16-14-18(15-25-10-12-27-13-11-25)8-9-20(16)24-22(26)17(2)21(23)19-6-4-3-5-7-19;;/h3-9,14,17,21H,10-13,15,23H2,1-2H3,(H,24,26);2*1H. The van der Waals surface area contributed by atoms with Gasteiger partial charge in [0.1, 0.15) is 0 Å². The van der Waals surface area contributed by atoms with Gasteiger partial charge in [-0.25, -0.2) is 0 Å². The molecule has 29 heavy (non-hydrogen) atoms. The fourth-order valence-electron chi connectivity index (χ4n) is 3.36. The lowest BCUT2D eigenvalue weighted by Crippen LogP contribution is -2.32. The van der Waals surface area contributed by atoms with Crippen LogP contribution in [-0.2, 0) is 11.3 Å². The Balaban J connectivity index is 0.00000210. The molecule has 0 aliphatic carbocycles. The van der Waals surface area contributed by atoms with E-state index in [1.165, 1.54) is 17.1 Å². The number of halogens is 2. The van der Waals surface area contributed by atoms with Crippen molar-refractivity contribution in [1.82, 2.24) is 4.90 Å². The van der Waals surface area contributed by atoms with Crippen LogP contribution in [0, 0.1) is 12.8 Å². The summed E-state index contributed by atoms with van der Waals surface area (Å²) < 4.78 is 0. The molecule has 1 aliphatic heterocycles. The highest BCUT2D eigenvalue weighted by atomic mass is 35.5. The quantitative estimate of drug-likeness (QED) is 0.664. The van der Waals surface area contributed by atoms with Gasteiger partial charge in [-0.1, -0.05) is 49.4 Å². The van der Waals surface area contributed by atoms with Crippen molar-refractivity contribution in [3.8, 4) is 0 Å². The predicted molar refractivity (Wildman–Crippen MR) is 129 cm³/mol. The van der Waals surface area contributed by atoms with E-state index in [4.69, 9.17) is 5.73 Å². The summed E-state index contributed by atoms with van der Waals surface area (Å²) in [4.78, 5) is 15.2. The molecule has 1 heterocycles. The van der Waals surface area contributed by atoms with Crippen LogP contribution in [0.15, 0.2) is 48.5 Å². The van der Waals surface area contributed by atoms with E-state index in [0.29, 0.717) is 0 Å². The second kappa shape index (κ2) is 12.5. The summed E-state index contributed by atoms with van der Waals surface area (Å²) in [5.74, 6) is 2.08. The molecular formula is C22H31Cl2N3OS. The van der Waals surface area contributed by atoms with Crippen LogP contribution in [0.5, 0.6) is 0 Å². The predicted octanol–water partition coefficient (Wildman–Crippen LogP) is 4.66. The van der Waals surface area contributed by atoms with Gasteiger partial charge in [0.15, 0.2) is 0 Å². The summed E-state index contributed by atoms with van der Waals surface area (Å²) in [6.07, 6.45) is 0. The summed E-state index contributed by atoms with van der Waals surface area (Å²) in [6.45, 7) is 7.21. The van der Waals surface area contributed by atoms with Crippen molar-refractivity contribution in [2.24, 2.45) is 11.7 Å². The Morgan fingerprint density at radius 3 is 2.41 bits per heavy atom. The molecule has 2 aromatic carbocycles. The van der Waals surface area contributed by atoms with Crippen LogP contribution < -0.4 is 11.1 Å². The number of rotatable bonds is 6. The van der Waals surface area contributed by atoms with Crippen molar-refractivity contribution in [2.75, 3.05) is 29.9 Å². The first-order valence-electron chi connectivity index (χ1n) is 9.55. The maximum absolute atomic E-state index is 12.7. The highest BCUT2D eigenvalue weighted by Gasteiger charge is 2.22. The van der Waals surface area contributed by atoms with E-state index in [2.05, 4.69) is 22.3 Å². The molecule has 2 atom stereocenters. The molecule has 1 fully saturated rings. The molecule has 0 radical (unpaired) electrons. The van der Waals surface area contributed by atoms with E-state index in [1.54, 1.807) is 0 Å². The minimum Gasteiger partial charge on any atom is -0.326 e. The number of amides is 1. The summed E-state index contributed by atoms with van der Waals surface area (Å²) in [7, 11) is 0. The first-order chi connectivity index (χ1) is 13.0. The third kappa shape index (κ3) is 7.19. The van der Waals surface area contributed by atoms with Gasteiger partial charge in [0, 0.05) is 42.9 Å². The smallest absolute Gasteiger partial charge is 0.229 e. The van der Waals surface area contributed by atoms with Crippen LogP contribution in [0.1, 0.15) is 29.7 Å². The summed E-state index contributed by atoms with van der Waals surface area (Å²) in [6, 6.07) is 15.8. The Morgan fingerprint density at radius 2 is 1.79 bits per heavy atom. The summed E-state index contributed by atoms with van der Waals surface area (Å²) >= 11 is 2.03. The number of nitrogens with zero attached hydrogens (tertiary/aromatic N) is 1. The Morgan fingerprint density at radius 1 is 1.14 bits per heavy atom. The normalized spacial score (nSPS) is 16.1. The number of hydrogen-bond acceptors (Lipinski definition) is 4. The molecule has 160 valence electrons. The van der Waals surface area contributed by atoms with Crippen LogP contribution in [0.3, 0.4) is 0 Å². The van der Waals surface area contributed by atoms with Crippen LogP contribution in [0.4, 0.5) is 5.69 Å². The second-order valence-electron chi connectivity index (χ2n) is 7.25. The van der Waals surface area contributed by atoms with Crippen molar-refractivity contribution >= 4 is 48.2 Å². The molecule has 3 rings (SSSR count). The summed E-state index contributed by atoms with van der Waals surface area (Å²) in [5.41, 5.74) is 10.5. The number of nitrogens with two attached hydrogens (primary N) is 1. The minimum absolute atomic E-state index is 0. The number of benzene rings is 2. The molecule has 2 aromatic rings. The van der Waals surface area contributed by atoms with Gasteiger partial charge in [-0.05, 0) is 29.7 Å². The van der Waals surface area contributed by atoms with Crippen molar-refractivity contribution in [1.29, 1.82) is 0 Å². The Labute approximate surface area is 190 Å². The minimum atomic E-state index is -0.317. The SMILES string of the molecule is Cc1cc(CN2CCSCC2)ccc1NC(=O)C(C)C(N)c1ccccc1.Cl.Cl. The maximum Gasteiger partial charge on any atom is 0.229 e. The van der Waals surface area contributed by atoms with Gasteiger partial charge < -0.3 is 11.1 Å². The molecule has 0 saturated carbocycles. The van der Waals surface area contributed by atoms with Gasteiger partial charge in [-0.15, -0.1) is 24.8 Å². The van der Waals surface area contributed by atoms with E-state index in [0.717, 1.165) is 36.4 Å². The van der Waals surface area contributed by atoms with Gasteiger partial charge >= 0.3 is 0 Å². The van der Waals surface area contributed by atoms with E-state index >= 15 is 0 Å². The van der Waals surface area contributed by atoms with Gasteiger partial charge in [0.25, 0.3) is 0 Å². The van der Waals surface area contributed by atoms with Crippen molar-refractivity contribution in [2.45, 2.75) is 26.4 Å². The molecule has 7 heteroatoms. The van der Waals surface area contributed by atoms with Crippen LogP contribution in [0.2, 0.25) is 0 Å². The lowest BCUT2D eigenvalue weighted by atomic mass is 9.94. The molecule has 0 spiro atoms. The Bertz CT molecular complexity index is 770. The summed E-state index contributed by atoms with van der Waals surface area (Å²) in [5, 5.41) is 3.06. The Hall–Kier alpha value is -1.24. The van der Waals surface area contributed by atoms with Crippen molar-refractivity contribution in [3.05, 3.63) is 65.2 Å². The molecule has 0 bridgehead atoms. The maximum atomic E-state index is 12.7. The number of nitrogens with one attached hydrogen (secondary N) is 1. The number of carbonyl (C=O) groups excluding carboxylic acids is 1. The lowest BCUT2D eigenvalue weighted by molar-refractivity contribution is -0.120. The fraction of sp³-hybridized carbons (Fsp3) is 0.409. The van der Waals surface area contributed by atoms with E-state index in [9.17, 15) is 4.79 Å². The first-order valence-corrected chi connectivity index (χ1v) is 10.7. The number of carbonyl (C=O) groups is 1. The third-order valence-corrected chi connectivity index (χ3v) is 6.14. The number of hydrogen-bond donors (Lipinski definition) is 2. The fourth-order valence-corrected chi connectivity index (χ4v) is 4.33. The van der Waals surface area contributed by atoms with E-state index < -0.39 is 0 Å². The van der Waals surface area contributed by atoms with Gasteiger partial charge in [0.05, 0.1) is 5.92 Å². The zero-order chi connectivity index (χ0) is 19.2. The van der Waals surface area contributed by atoms with Gasteiger partial charge in [0.2, 0.25) is 5.91 Å². The zero-order valence-corrected chi connectivity index (χ0v) is 19.4. The average molecular weight is 456 g/mol. The lowest BCUT2D eigenvalue weighted by Gasteiger charge is -2.26. The number of aryl methyl sites for hydroxylation is 1. The van der Waals surface area contributed by atoms with E-state index in [1.807, 2.05) is 62.0 Å². The molecule has 4 nitrogen and oxygen atoms in total. The number of anilines is 1. The number of thioether (sulfide) groups is 1. The molecule has 1 saturated heterocycles. The largest absolute Gasteiger partial charge is 0.326 e. The molecule has 1 aliphatic rings. The van der Waals surface area contributed by atoms with Crippen LogP contribution in [0.25, 0.3) is 0 Å². The molecule has 2 unspecified atom stereocenters. The average Bonchev–Trinajstić information content (AvgIpc) is 2.70. The Kier molecular flexibility index (Phi) is 11.1. The molecular weight excluding hydrogens is 425 g/mol. The molecule has 0 aromatic heterocycles. The zero-order valence-electron chi connectivity index (χ0n) is 17.0. The van der Waals surface area contributed by atoms with Gasteiger partial charge in [-0.2, -0.15) is 11.8 Å². The molecule has 1 amide bonds.